The van der Waals surface area contributed by atoms with Gasteiger partial charge in [-0.2, -0.15) is 13.2 Å². The van der Waals surface area contributed by atoms with E-state index < -0.39 is 11.4 Å². The number of alkyl halides is 3. The minimum Gasteiger partial charge on any atom is -0.270 e. The Kier molecular flexibility index (Phi) is 1.41. The zero-order valence-electron chi connectivity index (χ0n) is 4.50. The van der Waals surface area contributed by atoms with E-state index in [9.17, 15) is 13.2 Å². The number of hydrazine groups is 2. The molecule has 0 spiro atoms. The molecule has 8 heteroatoms. The fourth-order valence-corrected chi connectivity index (χ4v) is 0.402. The summed E-state index contributed by atoms with van der Waals surface area (Å²) >= 11 is 0. The summed E-state index contributed by atoms with van der Waals surface area (Å²) in [4.78, 5) is 0. The van der Waals surface area contributed by atoms with Crippen LogP contribution >= 0.6 is 0 Å². The van der Waals surface area contributed by atoms with Gasteiger partial charge in [-0.1, -0.05) is 0 Å². The molecule has 0 radical (unpaired) electrons. The molecule has 0 aliphatic carbocycles. The van der Waals surface area contributed by atoms with Gasteiger partial charge < -0.3 is 0 Å². The summed E-state index contributed by atoms with van der Waals surface area (Å²) in [5, 5.41) is 10.6. The Balaban J connectivity index is 2.60. The van der Waals surface area contributed by atoms with Crippen molar-refractivity contribution in [2.45, 2.75) is 6.30 Å². The largest absolute Gasteiger partial charge is 0.499 e. The van der Waals surface area contributed by atoms with Crippen LogP contribution in [0.1, 0.15) is 0 Å². The Hall–Kier alpha value is -1.02. The van der Waals surface area contributed by atoms with Gasteiger partial charge >= 0.3 is 6.30 Å². The number of hydrogen-bond acceptors (Lipinski definition) is 5. The molecule has 1 aliphatic rings. The maximum Gasteiger partial charge on any atom is 0.499 e. The molecule has 10 heavy (non-hydrogen) atoms. The Bertz CT molecular complexity index is 155. The number of hydrogen-bond donors (Lipinski definition) is 2. The van der Waals surface area contributed by atoms with Crippen molar-refractivity contribution in [2.75, 3.05) is 0 Å². The second-order valence-corrected chi connectivity index (χ2v) is 1.44. The maximum absolute atomic E-state index is 11.6. The maximum atomic E-state index is 11.6. The Morgan fingerprint density at radius 2 is 2.10 bits per heavy atom. The molecule has 0 unspecified atom stereocenters. The third-order valence-electron chi connectivity index (χ3n) is 0.759. The molecule has 0 saturated carbocycles. The average Bonchev–Trinajstić information content (AvgIpc) is 2.11. The summed E-state index contributed by atoms with van der Waals surface area (Å²) < 4.78 is 34.8. The second kappa shape index (κ2) is 1.99. The number of hydroxylamine groups is 1. The molecule has 58 valence electrons. The Morgan fingerprint density at radius 3 is 2.30 bits per heavy atom. The van der Waals surface area contributed by atoms with Gasteiger partial charge in [0.1, 0.15) is 0 Å². The van der Waals surface area contributed by atoms with Crippen molar-refractivity contribution in [2.24, 2.45) is 5.10 Å². The number of nitrogens with zero attached hydrogens (tertiary/aromatic N) is 3. The monoisotopic (exact) mass is 156 g/mol. The van der Waals surface area contributed by atoms with E-state index in [1.54, 1.807) is 0 Å². The number of rotatable bonds is 0. The topological polar surface area (TPSA) is 51.1 Å². The lowest BCUT2D eigenvalue weighted by atomic mass is 11.1. The highest BCUT2D eigenvalue weighted by molar-refractivity contribution is 5.53. The highest BCUT2D eigenvalue weighted by atomic mass is 19.4. The van der Waals surface area contributed by atoms with Crippen LogP contribution in [0.15, 0.2) is 5.10 Å². The van der Waals surface area contributed by atoms with Crippen molar-refractivity contribution >= 4 is 6.34 Å². The fourth-order valence-electron chi connectivity index (χ4n) is 0.402. The SMILES string of the molecule is ON1C=NNN1C(F)(F)F. The molecule has 1 rings (SSSR count). The third kappa shape index (κ3) is 1.11. The number of hydrazone groups is 1. The zero-order chi connectivity index (χ0) is 7.78. The molecule has 0 aromatic rings. The summed E-state index contributed by atoms with van der Waals surface area (Å²) in [6.07, 6.45) is -4.10. The first-order chi connectivity index (χ1) is 4.52. The number of nitrogens with one attached hydrogen (secondary N) is 1. The van der Waals surface area contributed by atoms with Crippen molar-refractivity contribution in [1.29, 1.82) is 0 Å². The third-order valence-corrected chi connectivity index (χ3v) is 0.759. The van der Waals surface area contributed by atoms with Gasteiger partial charge in [0.25, 0.3) is 0 Å². The fraction of sp³-hybridized carbons (Fsp3) is 0.500. The summed E-state index contributed by atoms with van der Waals surface area (Å²) in [6.45, 7) is 0. The van der Waals surface area contributed by atoms with Crippen molar-refractivity contribution in [1.82, 2.24) is 15.8 Å². The molecule has 0 aromatic heterocycles. The van der Waals surface area contributed by atoms with E-state index in [1.165, 1.54) is 5.53 Å². The molecule has 2 N–H and O–H groups in total. The van der Waals surface area contributed by atoms with Crippen LogP contribution in [0, 0.1) is 0 Å². The predicted molar refractivity (Wildman–Crippen MR) is 23.1 cm³/mol. The molecule has 0 amide bonds. The van der Waals surface area contributed by atoms with Crippen molar-refractivity contribution in [3.63, 3.8) is 0 Å². The molecule has 0 bridgehead atoms. The van der Waals surface area contributed by atoms with E-state index in [2.05, 4.69) is 5.10 Å². The second-order valence-electron chi connectivity index (χ2n) is 1.44. The minimum atomic E-state index is -4.68. The molecule has 1 heterocycles. The first-order valence-electron chi connectivity index (χ1n) is 2.15. The van der Waals surface area contributed by atoms with Gasteiger partial charge in [0.15, 0.2) is 6.34 Å². The molecular weight excluding hydrogens is 153 g/mol. The normalized spacial score (nSPS) is 19.8. The van der Waals surface area contributed by atoms with Crippen LogP contribution in [0.3, 0.4) is 0 Å². The highest BCUT2D eigenvalue weighted by Crippen LogP contribution is 2.20. The smallest absolute Gasteiger partial charge is 0.270 e. The summed E-state index contributed by atoms with van der Waals surface area (Å²) in [7, 11) is 0. The first-order valence-corrected chi connectivity index (χ1v) is 2.15. The molecule has 0 fully saturated rings. The van der Waals surface area contributed by atoms with E-state index in [4.69, 9.17) is 5.21 Å². The lowest BCUT2D eigenvalue weighted by Gasteiger charge is -2.21. The van der Waals surface area contributed by atoms with Crippen molar-refractivity contribution in [3.05, 3.63) is 0 Å². The van der Waals surface area contributed by atoms with Gasteiger partial charge in [0, 0.05) is 5.12 Å². The lowest BCUT2D eigenvalue weighted by Crippen LogP contribution is -2.50. The van der Waals surface area contributed by atoms with E-state index >= 15 is 0 Å². The zero-order valence-corrected chi connectivity index (χ0v) is 4.50. The molecule has 0 aromatic carbocycles. The quantitative estimate of drug-likeness (QED) is 0.480. The predicted octanol–water partition coefficient (Wildman–Crippen LogP) is -0.124. The van der Waals surface area contributed by atoms with Crippen LogP contribution in [0.5, 0.6) is 0 Å². The first kappa shape index (κ1) is 7.09. The van der Waals surface area contributed by atoms with E-state index in [0.717, 1.165) is 0 Å². The van der Waals surface area contributed by atoms with Crippen LogP contribution in [0.25, 0.3) is 0 Å². The minimum absolute atomic E-state index is 0.208. The van der Waals surface area contributed by atoms with E-state index in [0.29, 0.717) is 6.34 Å². The standard InChI is InChI=1S/C2H3F3N4O/c3-2(4,5)9-7-6-1-8(9)10/h1,7,10H. The van der Waals surface area contributed by atoms with Gasteiger partial charge in [-0.3, -0.25) is 5.21 Å². The van der Waals surface area contributed by atoms with E-state index in [1.807, 2.05) is 0 Å². The lowest BCUT2D eigenvalue weighted by molar-refractivity contribution is -0.367. The Labute approximate surface area is 53.2 Å². The van der Waals surface area contributed by atoms with Crippen LogP contribution in [0.2, 0.25) is 0 Å². The molecule has 0 atom stereocenters. The van der Waals surface area contributed by atoms with Gasteiger partial charge in [0.2, 0.25) is 0 Å². The van der Waals surface area contributed by atoms with Crippen LogP contribution in [0.4, 0.5) is 13.2 Å². The van der Waals surface area contributed by atoms with Gasteiger partial charge in [0.05, 0.1) is 0 Å². The summed E-state index contributed by atoms with van der Waals surface area (Å²) in [5.41, 5.74) is 1.50. The van der Waals surface area contributed by atoms with E-state index in [-0.39, 0.29) is 5.17 Å². The highest BCUT2D eigenvalue weighted by Gasteiger charge is 2.43. The van der Waals surface area contributed by atoms with Crippen molar-refractivity contribution < 1.29 is 18.4 Å². The molecular formula is C2H3F3N4O. The summed E-state index contributed by atoms with van der Waals surface area (Å²) in [6, 6.07) is 0. The number of halogens is 3. The molecule has 1 aliphatic heterocycles. The Morgan fingerprint density at radius 1 is 1.50 bits per heavy atom. The summed E-state index contributed by atoms with van der Waals surface area (Å²) in [5.74, 6) is 0. The molecule has 5 nitrogen and oxygen atoms in total. The average molecular weight is 156 g/mol. The van der Waals surface area contributed by atoms with Gasteiger partial charge in [-0.05, 0) is 0 Å². The van der Waals surface area contributed by atoms with Crippen molar-refractivity contribution in [3.8, 4) is 0 Å². The van der Waals surface area contributed by atoms with Crippen LogP contribution < -0.4 is 5.53 Å². The van der Waals surface area contributed by atoms with Gasteiger partial charge in [-0.15, -0.1) is 10.3 Å². The molecule has 0 saturated heterocycles. The van der Waals surface area contributed by atoms with Crippen LogP contribution in [-0.4, -0.2) is 28.1 Å². The van der Waals surface area contributed by atoms with Crippen LogP contribution in [-0.2, 0) is 0 Å². The van der Waals surface area contributed by atoms with Gasteiger partial charge in [-0.25, -0.2) is 5.53 Å².